The molecule has 0 aromatic carbocycles. The first-order valence-electron chi connectivity index (χ1n) is 6.02. The van der Waals surface area contributed by atoms with Crippen molar-refractivity contribution in [1.82, 2.24) is 0 Å². The molecule has 0 fully saturated rings. The van der Waals surface area contributed by atoms with Gasteiger partial charge in [0.1, 0.15) is 15.6 Å². The van der Waals surface area contributed by atoms with Crippen molar-refractivity contribution >= 4 is 9.84 Å². The second-order valence-corrected chi connectivity index (χ2v) is 6.73. The fourth-order valence-corrected chi connectivity index (χ4v) is 2.53. The predicted octanol–water partition coefficient (Wildman–Crippen LogP) is 1.75. The molecule has 1 heterocycles. The van der Waals surface area contributed by atoms with Crippen molar-refractivity contribution in [3.05, 3.63) is 24.2 Å². The highest BCUT2D eigenvalue weighted by Crippen LogP contribution is 2.08. The number of nitrogens with two attached hydrogens (primary N) is 1. The van der Waals surface area contributed by atoms with Gasteiger partial charge in [0.25, 0.3) is 0 Å². The van der Waals surface area contributed by atoms with E-state index in [1.807, 2.05) is 12.1 Å². The smallest absolute Gasteiger partial charge is 0.150 e. The van der Waals surface area contributed by atoms with Crippen molar-refractivity contribution in [3.8, 4) is 0 Å². The van der Waals surface area contributed by atoms with E-state index in [1.165, 1.54) is 0 Å². The lowest BCUT2D eigenvalue weighted by Gasteiger charge is -2.10. The number of furan rings is 1. The summed E-state index contributed by atoms with van der Waals surface area (Å²) in [6.07, 6.45) is 4.69. The molecule has 4 nitrogen and oxygen atoms in total. The van der Waals surface area contributed by atoms with Gasteiger partial charge >= 0.3 is 0 Å². The number of sulfone groups is 1. The minimum absolute atomic E-state index is 0.0483. The molecule has 1 aromatic heterocycles. The highest BCUT2D eigenvalue weighted by Gasteiger charge is 2.09. The van der Waals surface area contributed by atoms with Crippen LogP contribution in [0.1, 0.15) is 31.9 Å². The number of hydrogen-bond donors (Lipinski definition) is 1. The average molecular weight is 259 g/mol. The molecule has 0 saturated heterocycles. The Morgan fingerprint density at radius 1 is 1.41 bits per heavy atom. The van der Waals surface area contributed by atoms with Gasteiger partial charge in [0.2, 0.25) is 0 Å². The molecule has 98 valence electrons. The van der Waals surface area contributed by atoms with Crippen LogP contribution in [0.3, 0.4) is 0 Å². The van der Waals surface area contributed by atoms with E-state index in [0.717, 1.165) is 25.0 Å². The predicted molar refractivity (Wildman–Crippen MR) is 68.6 cm³/mol. The standard InChI is InChI=1S/C12H21NO3S/c1-2-17(14,15)10-4-5-11(13)7-8-12-6-3-9-16-12/h3,6,9,11H,2,4-5,7-8,10,13H2,1H3. The van der Waals surface area contributed by atoms with E-state index in [9.17, 15) is 8.42 Å². The van der Waals surface area contributed by atoms with E-state index in [2.05, 4.69) is 0 Å². The second kappa shape index (κ2) is 6.81. The first-order chi connectivity index (χ1) is 8.03. The minimum atomic E-state index is -2.85. The van der Waals surface area contributed by atoms with Crippen LogP contribution in [-0.4, -0.2) is 26.0 Å². The van der Waals surface area contributed by atoms with Crippen LogP contribution in [0.25, 0.3) is 0 Å². The Hall–Kier alpha value is -0.810. The zero-order chi connectivity index (χ0) is 12.7. The van der Waals surface area contributed by atoms with Crippen molar-refractivity contribution in [3.63, 3.8) is 0 Å². The summed E-state index contributed by atoms with van der Waals surface area (Å²) in [6.45, 7) is 1.67. The van der Waals surface area contributed by atoms with E-state index in [-0.39, 0.29) is 17.5 Å². The molecule has 0 spiro atoms. The molecule has 5 heteroatoms. The van der Waals surface area contributed by atoms with Gasteiger partial charge in [0, 0.05) is 18.2 Å². The van der Waals surface area contributed by atoms with Crippen LogP contribution in [0, 0.1) is 0 Å². The lowest BCUT2D eigenvalue weighted by Crippen LogP contribution is -2.22. The van der Waals surface area contributed by atoms with Gasteiger partial charge in [0.15, 0.2) is 0 Å². The fourth-order valence-electron chi connectivity index (χ4n) is 1.64. The Balaban J connectivity index is 2.15. The minimum Gasteiger partial charge on any atom is -0.469 e. The van der Waals surface area contributed by atoms with Crippen molar-refractivity contribution in [2.75, 3.05) is 11.5 Å². The third kappa shape index (κ3) is 5.89. The normalized spacial score (nSPS) is 13.8. The Morgan fingerprint density at radius 2 is 2.18 bits per heavy atom. The molecule has 0 amide bonds. The Kier molecular flexibility index (Phi) is 5.71. The topological polar surface area (TPSA) is 73.3 Å². The summed E-state index contributed by atoms with van der Waals surface area (Å²) >= 11 is 0. The molecule has 1 atom stereocenters. The second-order valence-electron chi connectivity index (χ2n) is 4.26. The van der Waals surface area contributed by atoms with Gasteiger partial charge in [-0.25, -0.2) is 8.42 Å². The Labute approximate surface area is 103 Å². The maximum atomic E-state index is 11.3. The highest BCUT2D eigenvalue weighted by atomic mass is 32.2. The van der Waals surface area contributed by atoms with Crippen LogP contribution in [0.5, 0.6) is 0 Å². The first-order valence-corrected chi connectivity index (χ1v) is 7.84. The molecule has 1 aromatic rings. The molecular weight excluding hydrogens is 238 g/mol. The quantitative estimate of drug-likeness (QED) is 0.772. The summed E-state index contributed by atoms with van der Waals surface area (Å²) in [7, 11) is -2.85. The van der Waals surface area contributed by atoms with Crippen molar-refractivity contribution in [1.29, 1.82) is 0 Å². The fraction of sp³-hybridized carbons (Fsp3) is 0.667. The zero-order valence-corrected chi connectivity index (χ0v) is 11.1. The lowest BCUT2D eigenvalue weighted by atomic mass is 10.1. The van der Waals surface area contributed by atoms with Crippen molar-refractivity contribution in [2.45, 2.75) is 38.6 Å². The van der Waals surface area contributed by atoms with E-state index >= 15 is 0 Å². The van der Waals surface area contributed by atoms with Gasteiger partial charge in [0.05, 0.1) is 12.0 Å². The van der Waals surface area contributed by atoms with Gasteiger partial charge in [-0.3, -0.25) is 0 Å². The molecule has 0 radical (unpaired) electrons. The summed E-state index contributed by atoms with van der Waals surface area (Å²) < 4.78 is 27.7. The van der Waals surface area contributed by atoms with Gasteiger partial charge in [-0.2, -0.15) is 0 Å². The molecular formula is C12H21NO3S. The summed E-state index contributed by atoms with van der Waals surface area (Å²) in [5, 5.41) is 0. The molecule has 1 rings (SSSR count). The Bertz CT molecular complexity index is 397. The van der Waals surface area contributed by atoms with Crippen LogP contribution >= 0.6 is 0 Å². The average Bonchev–Trinajstić information content (AvgIpc) is 2.79. The van der Waals surface area contributed by atoms with E-state index in [0.29, 0.717) is 6.42 Å². The molecule has 0 aliphatic rings. The number of rotatable bonds is 8. The first kappa shape index (κ1) is 14.3. The molecule has 0 aliphatic carbocycles. The van der Waals surface area contributed by atoms with Crippen LogP contribution in [0.15, 0.2) is 22.8 Å². The van der Waals surface area contributed by atoms with Crippen LogP contribution in [0.4, 0.5) is 0 Å². The summed E-state index contributed by atoms with van der Waals surface area (Å²) in [5.41, 5.74) is 5.92. The van der Waals surface area contributed by atoms with Gasteiger partial charge in [-0.1, -0.05) is 6.92 Å². The molecule has 0 bridgehead atoms. The number of aryl methyl sites for hydroxylation is 1. The monoisotopic (exact) mass is 259 g/mol. The van der Waals surface area contributed by atoms with Crippen LogP contribution < -0.4 is 5.73 Å². The lowest BCUT2D eigenvalue weighted by molar-refractivity contribution is 0.474. The number of hydrogen-bond acceptors (Lipinski definition) is 4. The maximum Gasteiger partial charge on any atom is 0.150 e. The molecule has 17 heavy (non-hydrogen) atoms. The van der Waals surface area contributed by atoms with E-state index in [4.69, 9.17) is 10.2 Å². The van der Waals surface area contributed by atoms with Crippen molar-refractivity contribution < 1.29 is 12.8 Å². The zero-order valence-electron chi connectivity index (χ0n) is 10.3. The summed E-state index contributed by atoms with van der Waals surface area (Å²) in [4.78, 5) is 0. The summed E-state index contributed by atoms with van der Waals surface area (Å²) in [6, 6.07) is 3.83. The molecule has 1 unspecified atom stereocenters. The third-order valence-corrected chi connectivity index (χ3v) is 4.60. The third-order valence-electron chi connectivity index (χ3n) is 2.81. The van der Waals surface area contributed by atoms with Crippen LogP contribution in [-0.2, 0) is 16.3 Å². The summed E-state index contributed by atoms with van der Waals surface area (Å²) in [5.74, 6) is 1.40. The molecule has 0 aliphatic heterocycles. The van der Waals surface area contributed by atoms with Gasteiger partial charge in [-0.05, 0) is 31.4 Å². The molecule has 0 saturated carbocycles. The van der Waals surface area contributed by atoms with Gasteiger partial charge < -0.3 is 10.2 Å². The largest absolute Gasteiger partial charge is 0.469 e. The molecule has 2 N–H and O–H groups in total. The van der Waals surface area contributed by atoms with Crippen LogP contribution in [0.2, 0.25) is 0 Å². The van der Waals surface area contributed by atoms with E-state index in [1.54, 1.807) is 13.2 Å². The maximum absolute atomic E-state index is 11.3. The van der Waals surface area contributed by atoms with Gasteiger partial charge in [-0.15, -0.1) is 0 Å². The van der Waals surface area contributed by atoms with Crippen molar-refractivity contribution in [2.24, 2.45) is 5.73 Å². The highest BCUT2D eigenvalue weighted by molar-refractivity contribution is 7.91. The SMILES string of the molecule is CCS(=O)(=O)CCCC(N)CCc1ccco1. The van der Waals surface area contributed by atoms with E-state index < -0.39 is 9.84 Å². The Morgan fingerprint density at radius 3 is 2.76 bits per heavy atom.